The molecule has 8 nitrogen and oxygen atoms in total. The largest absolute Gasteiger partial charge is 0.493 e. The molecule has 2 aromatic carbocycles. The van der Waals surface area contributed by atoms with Crippen molar-refractivity contribution in [3.05, 3.63) is 48.3 Å². The van der Waals surface area contributed by atoms with E-state index in [0.29, 0.717) is 28.4 Å². The van der Waals surface area contributed by atoms with Crippen LogP contribution in [0.25, 0.3) is 10.9 Å². The van der Waals surface area contributed by atoms with E-state index >= 15 is 0 Å². The third kappa shape index (κ3) is 3.41. The van der Waals surface area contributed by atoms with Gasteiger partial charge in [0.1, 0.15) is 17.7 Å². The minimum atomic E-state index is -1.41. The number of ether oxygens (including phenoxy) is 2. The Balaban J connectivity index is 1.96. The summed E-state index contributed by atoms with van der Waals surface area (Å²) in [4.78, 5) is 20.1. The number of fused-ring (bicyclic) bond motifs is 1. The van der Waals surface area contributed by atoms with Gasteiger partial charge in [-0.05, 0) is 30.2 Å². The molecule has 0 fully saturated rings. The summed E-state index contributed by atoms with van der Waals surface area (Å²) in [6, 6.07) is 10.5. The Morgan fingerprint density at radius 1 is 1.14 bits per heavy atom. The van der Waals surface area contributed by atoms with E-state index in [0.717, 1.165) is 11.1 Å². The molecule has 0 radical (unpaired) electrons. The maximum Gasteiger partial charge on any atom is 0.328 e. The van der Waals surface area contributed by atoms with Crippen LogP contribution in [0.15, 0.2) is 42.7 Å². The number of aromatic nitrogens is 2. The van der Waals surface area contributed by atoms with Crippen LogP contribution >= 0.6 is 0 Å². The number of aliphatic carboxylic acids is 1. The Bertz CT molecular complexity index is 1010. The molecule has 4 N–H and O–H groups in total. The second-order valence-electron chi connectivity index (χ2n) is 6.28. The van der Waals surface area contributed by atoms with Crippen molar-refractivity contribution in [2.75, 3.05) is 19.5 Å². The first-order chi connectivity index (χ1) is 13.4. The number of carboxylic acids is 1. The van der Waals surface area contributed by atoms with Gasteiger partial charge in [-0.25, -0.2) is 14.8 Å². The number of carbonyl (C=O) groups is 1. The first kappa shape index (κ1) is 19.4. The summed E-state index contributed by atoms with van der Waals surface area (Å²) in [5.41, 5.74) is 6.59. The number of rotatable bonds is 7. The first-order valence-electron chi connectivity index (χ1n) is 8.69. The highest BCUT2D eigenvalue weighted by Crippen LogP contribution is 2.34. The average Bonchev–Trinajstić information content (AvgIpc) is 2.72. The Kier molecular flexibility index (Phi) is 5.32. The highest BCUT2D eigenvalue weighted by atomic mass is 16.5. The van der Waals surface area contributed by atoms with Gasteiger partial charge < -0.3 is 25.6 Å². The fraction of sp³-hybridized carbons (Fsp3) is 0.250. The summed E-state index contributed by atoms with van der Waals surface area (Å²) in [6.07, 6.45) is 1.74. The van der Waals surface area contributed by atoms with Crippen molar-refractivity contribution in [3.8, 4) is 11.5 Å². The van der Waals surface area contributed by atoms with Gasteiger partial charge in [0.25, 0.3) is 0 Å². The number of nitrogens with one attached hydrogen (secondary N) is 1. The summed E-state index contributed by atoms with van der Waals surface area (Å²) < 4.78 is 10.7. The summed E-state index contributed by atoms with van der Waals surface area (Å²) in [5.74, 6) is 0.682. The van der Waals surface area contributed by atoms with Crippen LogP contribution in [0.3, 0.4) is 0 Å². The van der Waals surface area contributed by atoms with Crippen molar-refractivity contribution in [2.45, 2.75) is 18.9 Å². The van der Waals surface area contributed by atoms with Crippen molar-refractivity contribution < 1.29 is 19.4 Å². The van der Waals surface area contributed by atoms with E-state index in [9.17, 15) is 9.90 Å². The lowest BCUT2D eigenvalue weighted by atomic mass is 9.88. The van der Waals surface area contributed by atoms with Crippen LogP contribution in [-0.2, 0) is 10.3 Å². The molecule has 8 heteroatoms. The molecular formula is C20H22N4O4. The molecule has 0 aliphatic heterocycles. The van der Waals surface area contributed by atoms with Crippen LogP contribution < -0.4 is 20.5 Å². The van der Waals surface area contributed by atoms with Crippen molar-refractivity contribution in [3.63, 3.8) is 0 Å². The average molecular weight is 382 g/mol. The lowest BCUT2D eigenvalue weighted by Crippen LogP contribution is -2.44. The van der Waals surface area contributed by atoms with E-state index in [-0.39, 0.29) is 6.42 Å². The molecule has 1 aromatic heterocycles. The number of hydrogen-bond acceptors (Lipinski definition) is 7. The molecule has 0 unspecified atom stereocenters. The van der Waals surface area contributed by atoms with Gasteiger partial charge in [-0.1, -0.05) is 19.1 Å². The summed E-state index contributed by atoms with van der Waals surface area (Å²) in [6.45, 7) is 1.75. The third-order valence-corrected chi connectivity index (χ3v) is 4.74. The number of nitrogens with two attached hydrogens (primary N) is 1. The molecule has 0 amide bonds. The Labute approximate surface area is 162 Å². The molecule has 3 aromatic rings. The molecule has 0 aliphatic carbocycles. The van der Waals surface area contributed by atoms with Crippen LogP contribution in [0.4, 0.5) is 11.5 Å². The van der Waals surface area contributed by atoms with E-state index < -0.39 is 11.5 Å². The second-order valence-corrected chi connectivity index (χ2v) is 6.28. The third-order valence-electron chi connectivity index (χ3n) is 4.74. The first-order valence-corrected chi connectivity index (χ1v) is 8.69. The highest BCUT2D eigenvalue weighted by molar-refractivity contribution is 5.93. The highest BCUT2D eigenvalue weighted by Gasteiger charge is 2.33. The van der Waals surface area contributed by atoms with Gasteiger partial charge in [-0.3, -0.25) is 0 Å². The lowest BCUT2D eigenvalue weighted by molar-refractivity contribution is -0.143. The predicted molar refractivity (Wildman–Crippen MR) is 106 cm³/mol. The predicted octanol–water partition coefficient (Wildman–Crippen LogP) is 3.04. The zero-order valence-corrected chi connectivity index (χ0v) is 15.9. The van der Waals surface area contributed by atoms with Crippen LogP contribution in [0.2, 0.25) is 0 Å². The summed E-state index contributed by atoms with van der Waals surface area (Å²) in [5, 5.41) is 13.4. The van der Waals surface area contributed by atoms with Crippen LogP contribution in [0.1, 0.15) is 18.9 Å². The van der Waals surface area contributed by atoms with Crippen LogP contribution in [0, 0.1) is 0 Å². The van der Waals surface area contributed by atoms with Gasteiger partial charge in [0.2, 0.25) is 0 Å². The summed E-state index contributed by atoms with van der Waals surface area (Å²) in [7, 11) is 3.13. The molecule has 0 saturated carbocycles. The molecule has 0 saturated heterocycles. The van der Waals surface area contributed by atoms with Crippen LogP contribution in [-0.4, -0.2) is 35.3 Å². The fourth-order valence-corrected chi connectivity index (χ4v) is 2.95. The molecule has 1 atom stereocenters. The van der Waals surface area contributed by atoms with Crippen molar-refractivity contribution in [1.29, 1.82) is 0 Å². The van der Waals surface area contributed by atoms with Crippen molar-refractivity contribution in [2.24, 2.45) is 5.73 Å². The Morgan fingerprint density at radius 2 is 1.79 bits per heavy atom. The molecule has 0 bridgehead atoms. The van der Waals surface area contributed by atoms with Gasteiger partial charge in [0, 0.05) is 17.1 Å². The maximum absolute atomic E-state index is 11.5. The van der Waals surface area contributed by atoms with E-state index in [1.54, 1.807) is 57.5 Å². The SMILES string of the molecule is CC[C@@](N)(C(=O)O)c1ccc(Nc2ncnc3cc(OC)c(OC)cc23)cc1. The smallest absolute Gasteiger partial charge is 0.328 e. The molecule has 0 aliphatic rings. The second kappa shape index (κ2) is 7.69. The van der Waals surface area contributed by atoms with Gasteiger partial charge >= 0.3 is 5.97 Å². The molecular weight excluding hydrogens is 360 g/mol. The molecule has 146 valence electrons. The summed E-state index contributed by atoms with van der Waals surface area (Å²) >= 11 is 0. The van der Waals surface area contributed by atoms with E-state index in [1.165, 1.54) is 6.33 Å². The van der Waals surface area contributed by atoms with Crippen molar-refractivity contribution in [1.82, 2.24) is 9.97 Å². The van der Waals surface area contributed by atoms with Gasteiger partial charge in [-0.2, -0.15) is 0 Å². The minimum absolute atomic E-state index is 0.285. The molecule has 0 spiro atoms. The minimum Gasteiger partial charge on any atom is -0.493 e. The normalized spacial score (nSPS) is 13.0. The zero-order valence-electron chi connectivity index (χ0n) is 15.9. The fourth-order valence-electron chi connectivity index (χ4n) is 2.95. The van der Waals surface area contributed by atoms with Crippen molar-refractivity contribution >= 4 is 28.4 Å². The van der Waals surface area contributed by atoms with Gasteiger partial charge in [0.05, 0.1) is 19.7 Å². The van der Waals surface area contributed by atoms with E-state index in [4.69, 9.17) is 15.2 Å². The quantitative estimate of drug-likeness (QED) is 0.570. The zero-order chi connectivity index (χ0) is 20.3. The molecule has 3 rings (SSSR count). The number of anilines is 2. The van der Waals surface area contributed by atoms with Crippen LogP contribution in [0.5, 0.6) is 11.5 Å². The Morgan fingerprint density at radius 3 is 2.36 bits per heavy atom. The Hall–Kier alpha value is -3.39. The van der Waals surface area contributed by atoms with E-state index in [2.05, 4.69) is 15.3 Å². The molecule has 28 heavy (non-hydrogen) atoms. The van der Waals surface area contributed by atoms with Gasteiger partial charge in [-0.15, -0.1) is 0 Å². The molecule has 1 heterocycles. The lowest BCUT2D eigenvalue weighted by Gasteiger charge is -2.23. The number of hydrogen-bond donors (Lipinski definition) is 3. The maximum atomic E-state index is 11.5. The topological polar surface area (TPSA) is 120 Å². The number of methoxy groups -OCH3 is 2. The monoisotopic (exact) mass is 382 g/mol. The number of nitrogens with zero attached hydrogens (tertiary/aromatic N) is 2. The standard InChI is InChI=1S/C20H22N4O4/c1-4-20(21,19(25)26)12-5-7-13(8-6-12)24-18-14-9-16(27-2)17(28-3)10-15(14)22-11-23-18/h5-11H,4,21H2,1-3H3,(H,25,26)(H,22,23,24)/t20-/m0/s1. The number of benzene rings is 2. The number of carboxylic acid groups (broad SMARTS) is 1. The van der Waals surface area contributed by atoms with Gasteiger partial charge in [0.15, 0.2) is 11.5 Å². The van der Waals surface area contributed by atoms with E-state index in [1.807, 2.05) is 0 Å².